The van der Waals surface area contributed by atoms with Gasteiger partial charge in [0.05, 0.1) is 17.2 Å². The maximum Gasteiger partial charge on any atom is 0.261 e. The minimum Gasteiger partial charge on any atom is -0.325 e. The van der Waals surface area contributed by atoms with Crippen molar-refractivity contribution in [3.8, 4) is 0 Å². The minimum atomic E-state index is -0.122. The molecule has 3 aromatic carbocycles. The third-order valence-corrected chi connectivity index (χ3v) is 5.46. The third kappa shape index (κ3) is 2.76. The molecule has 1 heterocycles. The molecule has 0 saturated heterocycles. The zero-order valence-electron chi connectivity index (χ0n) is 15.3. The number of hydrogen-bond donors (Lipinski definition) is 1. The van der Waals surface area contributed by atoms with Crippen LogP contribution in [0.2, 0.25) is 0 Å². The maximum atomic E-state index is 12.5. The molecule has 28 heavy (non-hydrogen) atoms. The van der Waals surface area contributed by atoms with Gasteiger partial charge in [-0.1, -0.05) is 36.4 Å². The van der Waals surface area contributed by atoms with Crippen LogP contribution in [0.15, 0.2) is 65.7 Å². The molecule has 5 rings (SSSR count). The van der Waals surface area contributed by atoms with Crippen LogP contribution in [0.1, 0.15) is 17.5 Å². The molecule has 0 spiro atoms. The van der Waals surface area contributed by atoms with Crippen LogP contribution < -0.4 is 10.9 Å². The molecule has 0 atom stereocenters. The van der Waals surface area contributed by atoms with Crippen molar-refractivity contribution < 1.29 is 4.79 Å². The molecule has 0 fully saturated rings. The number of hydrogen-bond acceptors (Lipinski definition) is 3. The summed E-state index contributed by atoms with van der Waals surface area (Å²) in [6.45, 7) is 0.295. The van der Waals surface area contributed by atoms with Crippen LogP contribution in [-0.2, 0) is 24.2 Å². The van der Waals surface area contributed by atoms with Gasteiger partial charge in [0, 0.05) is 24.0 Å². The summed E-state index contributed by atoms with van der Waals surface area (Å²) in [7, 11) is 0. The summed E-state index contributed by atoms with van der Waals surface area (Å²) in [5.41, 5.74) is 4.07. The monoisotopic (exact) mass is 369 g/mol. The van der Waals surface area contributed by atoms with Gasteiger partial charge in [-0.2, -0.15) is 0 Å². The van der Waals surface area contributed by atoms with Crippen molar-refractivity contribution in [2.75, 3.05) is 5.32 Å². The lowest BCUT2D eigenvalue weighted by molar-refractivity contribution is -0.116. The van der Waals surface area contributed by atoms with Crippen LogP contribution in [0.5, 0.6) is 0 Å². The number of fused-ring (bicyclic) bond motifs is 1. The van der Waals surface area contributed by atoms with E-state index < -0.39 is 0 Å². The Bertz CT molecular complexity index is 1280. The molecular weight excluding hydrogens is 350 g/mol. The maximum absolute atomic E-state index is 12.5. The highest BCUT2D eigenvalue weighted by Crippen LogP contribution is 2.35. The number of para-hydroxylation sites is 1. The van der Waals surface area contributed by atoms with Gasteiger partial charge >= 0.3 is 0 Å². The van der Waals surface area contributed by atoms with Crippen molar-refractivity contribution in [1.29, 1.82) is 0 Å². The van der Waals surface area contributed by atoms with Gasteiger partial charge in [0.2, 0.25) is 5.91 Å². The van der Waals surface area contributed by atoms with Gasteiger partial charge in [-0.25, -0.2) is 4.98 Å². The molecule has 1 aliphatic rings. The second-order valence-electron chi connectivity index (χ2n) is 7.17. The van der Waals surface area contributed by atoms with Gasteiger partial charge in [0.25, 0.3) is 5.56 Å². The topological polar surface area (TPSA) is 64.0 Å². The predicted octanol–water partition coefficient (Wildman–Crippen LogP) is 3.68. The first-order valence-corrected chi connectivity index (χ1v) is 9.48. The third-order valence-electron chi connectivity index (χ3n) is 5.46. The largest absolute Gasteiger partial charge is 0.325 e. The van der Waals surface area contributed by atoms with Gasteiger partial charge in [0.15, 0.2) is 0 Å². The van der Waals surface area contributed by atoms with E-state index in [-0.39, 0.29) is 17.9 Å². The molecule has 0 saturated carbocycles. The molecule has 5 heteroatoms. The number of carbonyl (C=O) groups excluding carboxylic acids is 1. The number of rotatable bonds is 4. The Kier molecular flexibility index (Phi) is 3.93. The van der Waals surface area contributed by atoms with Crippen molar-refractivity contribution in [2.45, 2.75) is 25.8 Å². The minimum absolute atomic E-state index is 0.112. The second-order valence-corrected chi connectivity index (χ2v) is 7.17. The normalized spacial score (nSPS) is 12.6. The second kappa shape index (κ2) is 6.60. The highest BCUT2D eigenvalue weighted by molar-refractivity contribution is 6.05. The van der Waals surface area contributed by atoms with E-state index in [4.69, 9.17) is 0 Å². The van der Waals surface area contributed by atoms with Crippen molar-refractivity contribution >= 4 is 33.3 Å². The van der Waals surface area contributed by atoms with Gasteiger partial charge < -0.3 is 5.32 Å². The molecule has 0 radical (unpaired) electrons. The van der Waals surface area contributed by atoms with Crippen LogP contribution in [-0.4, -0.2) is 15.5 Å². The van der Waals surface area contributed by atoms with Crippen molar-refractivity contribution in [3.05, 3.63) is 82.4 Å². The number of anilines is 1. The molecule has 1 N–H and O–H groups in total. The van der Waals surface area contributed by atoms with Gasteiger partial charge in [-0.15, -0.1) is 0 Å². The zero-order chi connectivity index (χ0) is 19.1. The van der Waals surface area contributed by atoms with E-state index in [9.17, 15) is 9.59 Å². The number of nitrogens with zero attached hydrogens (tertiary/aromatic N) is 2. The zero-order valence-corrected chi connectivity index (χ0v) is 15.3. The molecule has 1 aliphatic carbocycles. The Hall–Kier alpha value is -3.47. The van der Waals surface area contributed by atoms with Crippen LogP contribution in [0.3, 0.4) is 0 Å². The van der Waals surface area contributed by atoms with Gasteiger partial charge in [-0.3, -0.25) is 14.2 Å². The van der Waals surface area contributed by atoms with Gasteiger partial charge in [-0.05, 0) is 47.6 Å². The lowest BCUT2D eigenvalue weighted by Gasteiger charge is -2.11. The molecule has 1 amide bonds. The molecule has 4 aromatic rings. The van der Waals surface area contributed by atoms with Crippen LogP contribution in [0.25, 0.3) is 21.7 Å². The fourth-order valence-electron chi connectivity index (χ4n) is 4.06. The molecule has 0 bridgehead atoms. The van der Waals surface area contributed by atoms with E-state index in [2.05, 4.69) is 28.5 Å². The summed E-state index contributed by atoms with van der Waals surface area (Å²) in [6, 6.07) is 17.6. The lowest BCUT2D eigenvalue weighted by Crippen LogP contribution is -2.23. The summed E-state index contributed by atoms with van der Waals surface area (Å²) in [5, 5.41) is 5.95. The van der Waals surface area contributed by atoms with E-state index in [0.29, 0.717) is 17.4 Å². The first-order chi connectivity index (χ1) is 13.7. The first kappa shape index (κ1) is 16.7. The van der Waals surface area contributed by atoms with E-state index in [1.54, 1.807) is 6.07 Å². The number of aromatic nitrogens is 2. The average molecular weight is 369 g/mol. The van der Waals surface area contributed by atoms with E-state index >= 15 is 0 Å². The highest BCUT2D eigenvalue weighted by atomic mass is 16.2. The summed E-state index contributed by atoms with van der Waals surface area (Å²) in [4.78, 5) is 29.4. The van der Waals surface area contributed by atoms with Gasteiger partial charge in [0.1, 0.15) is 0 Å². The smallest absolute Gasteiger partial charge is 0.261 e. The lowest BCUT2D eigenvalue weighted by atomic mass is 10.0. The Morgan fingerprint density at radius 2 is 1.75 bits per heavy atom. The Balaban J connectivity index is 1.36. The SMILES string of the molecule is O=C(CCn1cnc2ccccc2c1=O)Nc1ccc2c3c(cccc13)CC2. The van der Waals surface area contributed by atoms with E-state index in [0.717, 1.165) is 23.9 Å². The Labute approximate surface area is 161 Å². The molecule has 5 nitrogen and oxygen atoms in total. The molecule has 0 aliphatic heterocycles. The van der Waals surface area contributed by atoms with E-state index in [1.807, 2.05) is 30.3 Å². The number of nitrogens with one attached hydrogen (secondary N) is 1. The molecule has 138 valence electrons. The highest BCUT2D eigenvalue weighted by Gasteiger charge is 2.16. The number of carbonyl (C=O) groups is 1. The predicted molar refractivity (Wildman–Crippen MR) is 111 cm³/mol. The number of amides is 1. The molecule has 1 aromatic heterocycles. The van der Waals surface area contributed by atoms with Crippen molar-refractivity contribution in [1.82, 2.24) is 9.55 Å². The fraction of sp³-hybridized carbons (Fsp3) is 0.174. The summed E-state index contributed by atoms with van der Waals surface area (Å²) < 4.78 is 1.50. The fourth-order valence-corrected chi connectivity index (χ4v) is 4.06. The Morgan fingerprint density at radius 3 is 2.64 bits per heavy atom. The Morgan fingerprint density at radius 1 is 0.964 bits per heavy atom. The van der Waals surface area contributed by atoms with Crippen molar-refractivity contribution in [2.24, 2.45) is 0 Å². The quantitative estimate of drug-likeness (QED) is 0.597. The average Bonchev–Trinajstić information content (AvgIpc) is 3.14. The van der Waals surface area contributed by atoms with Crippen LogP contribution in [0.4, 0.5) is 5.69 Å². The standard InChI is InChI=1S/C23H19N3O2/c27-21(12-13-26-14-24-19-7-2-1-5-18(19)23(26)28)25-20-11-10-16-9-8-15-4-3-6-17(20)22(15)16/h1-7,10-11,14H,8-9,12-13H2,(H,25,27). The molecule has 0 unspecified atom stereocenters. The van der Waals surface area contributed by atoms with Crippen LogP contribution >= 0.6 is 0 Å². The summed E-state index contributed by atoms with van der Waals surface area (Å²) >= 11 is 0. The summed E-state index contributed by atoms with van der Waals surface area (Å²) in [6.07, 6.45) is 3.84. The van der Waals surface area contributed by atoms with Crippen LogP contribution in [0, 0.1) is 0 Å². The number of benzene rings is 3. The summed E-state index contributed by atoms with van der Waals surface area (Å²) in [5.74, 6) is -0.112. The molecular formula is C23H19N3O2. The van der Waals surface area contributed by atoms with E-state index in [1.165, 1.54) is 27.4 Å². The number of aryl methyl sites for hydroxylation is 3. The van der Waals surface area contributed by atoms with Crippen molar-refractivity contribution in [3.63, 3.8) is 0 Å². The first-order valence-electron chi connectivity index (χ1n) is 9.48.